The van der Waals surface area contributed by atoms with Crippen molar-refractivity contribution in [1.29, 1.82) is 0 Å². The molecule has 0 saturated heterocycles. The van der Waals surface area contributed by atoms with Crippen LogP contribution in [-0.2, 0) is 19.2 Å². The number of unbranched alkanes of at least 4 members (excludes halogenated alkanes) is 1. The highest BCUT2D eigenvalue weighted by molar-refractivity contribution is 7.98. The molecular weight excluding hydrogens is 438 g/mol. The van der Waals surface area contributed by atoms with Crippen LogP contribution >= 0.6 is 11.8 Å². The Morgan fingerprint density at radius 2 is 1.56 bits per heavy atom. The van der Waals surface area contributed by atoms with Crippen molar-refractivity contribution in [2.75, 3.05) is 25.2 Å². The first kappa shape index (κ1) is 30.1. The van der Waals surface area contributed by atoms with Crippen molar-refractivity contribution in [2.24, 2.45) is 17.4 Å². The molecule has 0 fully saturated rings. The molecule has 0 aromatic carbocycles. The van der Waals surface area contributed by atoms with E-state index in [1.807, 2.05) is 6.26 Å². The van der Waals surface area contributed by atoms with Gasteiger partial charge in [-0.1, -0.05) is 20.3 Å². The number of aliphatic hydroxyl groups is 1. The van der Waals surface area contributed by atoms with Gasteiger partial charge in [-0.25, -0.2) is 4.79 Å². The molecule has 0 aromatic rings. The maximum atomic E-state index is 12.8. The molecule has 0 spiro atoms. The quantitative estimate of drug-likeness (QED) is 0.125. The van der Waals surface area contributed by atoms with Gasteiger partial charge in [0.15, 0.2) is 0 Å². The van der Waals surface area contributed by atoms with Crippen LogP contribution < -0.4 is 27.4 Å². The largest absolute Gasteiger partial charge is 0.480 e. The molecule has 9 N–H and O–H groups in total. The predicted octanol–water partition coefficient (Wildman–Crippen LogP) is -1.23. The summed E-state index contributed by atoms with van der Waals surface area (Å²) >= 11 is 1.55. The van der Waals surface area contributed by atoms with Crippen LogP contribution in [-0.4, -0.2) is 83.2 Å². The maximum Gasteiger partial charge on any atom is 0.326 e. The highest BCUT2D eigenvalue weighted by Crippen LogP contribution is 2.09. The molecular formula is C20H39N5O6S. The number of aliphatic carboxylic acids is 1. The normalized spacial score (nSPS) is 15.7. The number of nitrogens with two attached hydrogens (primary N) is 2. The summed E-state index contributed by atoms with van der Waals surface area (Å²) in [5, 5.41) is 26.3. The maximum absolute atomic E-state index is 12.8. The number of amides is 3. The van der Waals surface area contributed by atoms with E-state index in [2.05, 4.69) is 16.0 Å². The fourth-order valence-electron chi connectivity index (χ4n) is 2.82. The number of nitrogens with one attached hydrogen (secondary N) is 3. The molecule has 0 rings (SSSR count). The molecule has 0 heterocycles. The minimum Gasteiger partial charge on any atom is -0.480 e. The molecule has 0 aromatic heterocycles. The van der Waals surface area contributed by atoms with E-state index in [0.29, 0.717) is 38.0 Å². The summed E-state index contributed by atoms with van der Waals surface area (Å²) in [6, 6.07) is -4.28. The second kappa shape index (κ2) is 16.7. The molecule has 0 saturated carbocycles. The lowest BCUT2D eigenvalue weighted by Gasteiger charge is -2.25. The van der Waals surface area contributed by atoms with E-state index < -0.39 is 54.5 Å². The highest BCUT2D eigenvalue weighted by Gasteiger charge is 2.31. The van der Waals surface area contributed by atoms with Crippen molar-refractivity contribution in [3.63, 3.8) is 0 Å². The lowest BCUT2D eigenvalue weighted by molar-refractivity contribution is -0.144. The van der Waals surface area contributed by atoms with Gasteiger partial charge in [0, 0.05) is 0 Å². The Kier molecular flexibility index (Phi) is 15.7. The van der Waals surface area contributed by atoms with Crippen LogP contribution in [0, 0.1) is 5.92 Å². The van der Waals surface area contributed by atoms with Gasteiger partial charge in [-0.05, 0) is 50.2 Å². The lowest BCUT2D eigenvalue weighted by atomic mass is 9.99. The minimum atomic E-state index is -1.37. The highest BCUT2D eigenvalue weighted by atomic mass is 32.2. The Balaban J connectivity index is 5.23. The van der Waals surface area contributed by atoms with Gasteiger partial charge in [0.1, 0.15) is 18.1 Å². The molecule has 0 aliphatic rings. The third-order valence-corrected chi connectivity index (χ3v) is 5.79. The number of carboxylic acid groups (broad SMARTS) is 1. The van der Waals surface area contributed by atoms with Gasteiger partial charge >= 0.3 is 5.97 Å². The van der Waals surface area contributed by atoms with Crippen LogP contribution in [0.2, 0.25) is 0 Å². The predicted molar refractivity (Wildman–Crippen MR) is 124 cm³/mol. The van der Waals surface area contributed by atoms with Crippen molar-refractivity contribution in [1.82, 2.24) is 16.0 Å². The summed E-state index contributed by atoms with van der Waals surface area (Å²) in [5.74, 6) is -2.85. The monoisotopic (exact) mass is 477 g/mol. The zero-order chi connectivity index (χ0) is 24.7. The number of carbonyl (C=O) groups is 4. The first-order chi connectivity index (χ1) is 15.1. The summed E-state index contributed by atoms with van der Waals surface area (Å²) in [5.41, 5.74) is 11.4. The Hall–Kier alpha value is -1.89. The number of hydrogen-bond donors (Lipinski definition) is 7. The lowest BCUT2D eigenvalue weighted by Crippen LogP contribution is -2.58. The van der Waals surface area contributed by atoms with Crippen LogP contribution in [0.25, 0.3) is 0 Å². The van der Waals surface area contributed by atoms with Crippen LogP contribution in [0.4, 0.5) is 0 Å². The summed E-state index contributed by atoms with van der Waals surface area (Å²) in [7, 11) is 0. The number of rotatable bonds is 17. The molecule has 0 aliphatic carbocycles. The number of thioether (sulfide) groups is 1. The van der Waals surface area contributed by atoms with E-state index in [4.69, 9.17) is 11.5 Å². The molecule has 0 radical (unpaired) electrons. The van der Waals surface area contributed by atoms with Crippen molar-refractivity contribution in [3.05, 3.63) is 0 Å². The summed E-state index contributed by atoms with van der Waals surface area (Å²) in [4.78, 5) is 49.1. The van der Waals surface area contributed by atoms with Crippen molar-refractivity contribution in [3.8, 4) is 0 Å². The molecule has 32 heavy (non-hydrogen) atoms. The van der Waals surface area contributed by atoms with Crippen LogP contribution in [0.5, 0.6) is 0 Å². The fourth-order valence-corrected chi connectivity index (χ4v) is 3.31. The smallest absolute Gasteiger partial charge is 0.326 e. The third-order valence-electron chi connectivity index (χ3n) is 5.14. The number of hydrogen-bond acceptors (Lipinski definition) is 8. The van der Waals surface area contributed by atoms with E-state index in [1.54, 1.807) is 25.6 Å². The third kappa shape index (κ3) is 11.1. The molecule has 0 bridgehead atoms. The van der Waals surface area contributed by atoms with Crippen LogP contribution in [0.1, 0.15) is 46.0 Å². The molecule has 12 heteroatoms. The first-order valence-corrected chi connectivity index (χ1v) is 12.2. The van der Waals surface area contributed by atoms with E-state index >= 15 is 0 Å². The first-order valence-electron chi connectivity index (χ1n) is 10.8. The van der Waals surface area contributed by atoms with Gasteiger partial charge in [-0.15, -0.1) is 0 Å². The Bertz CT molecular complexity index is 609. The second-order valence-electron chi connectivity index (χ2n) is 7.69. The van der Waals surface area contributed by atoms with E-state index in [0.717, 1.165) is 0 Å². The average Bonchev–Trinajstić information content (AvgIpc) is 2.77. The van der Waals surface area contributed by atoms with Gasteiger partial charge in [0.05, 0.1) is 12.6 Å². The van der Waals surface area contributed by atoms with Crippen molar-refractivity contribution >= 4 is 35.5 Å². The topological polar surface area (TPSA) is 197 Å². The molecule has 5 atom stereocenters. The van der Waals surface area contributed by atoms with Gasteiger partial charge in [-0.3, -0.25) is 14.4 Å². The van der Waals surface area contributed by atoms with Crippen molar-refractivity contribution in [2.45, 2.75) is 70.1 Å². The number of aliphatic hydroxyl groups excluding tert-OH is 1. The second-order valence-corrected chi connectivity index (χ2v) is 8.67. The van der Waals surface area contributed by atoms with Crippen LogP contribution in [0.15, 0.2) is 0 Å². The summed E-state index contributed by atoms with van der Waals surface area (Å²) < 4.78 is 0. The van der Waals surface area contributed by atoms with E-state index in [1.165, 1.54) is 0 Å². The molecule has 0 aliphatic heterocycles. The van der Waals surface area contributed by atoms with Gasteiger partial charge in [0.2, 0.25) is 17.7 Å². The zero-order valence-electron chi connectivity index (χ0n) is 19.1. The summed E-state index contributed by atoms with van der Waals surface area (Å²) in [6.07, 6.45) is 4.31. The SMILES string of the molecule is CCC(C)C(NC(=O)C(CO)NC(=O)C(CCCCN)NC(=O)C(N)CCSC)C(=O)O. The molecule has 5 unspecified atom stereocenters. The minimum absolute atomic E-state index is 0.272. The fraction of sp³-hybridized carbons (Fsp3) is 0.800. The zero-order valence-corrected chi connectivity index (χ0v) is 20.0. The molecule has 11 nitrogen and oxygen atoms in total. The molecule has 186 valence electrons. The van der Waals surface area contributed by atoms with Gasteiger partial charge in [-0.2, -0.15) is 11.8 Å². The van der Waals surface area contributed by atoms with Gasteiger partial charge in [0.25, 0.3) is 0 Å². The van der Waals surface area contributed by atoms with Crippen molar-refractivity contribution < 1.29 is 29.4 Å². The standard InChI is InChI=1S/C20H39N5O6S/c1-4-12(2)16(20(30)31)25-19(29)15(11-26)24-18(28)14(7-5-6-9-21)23-17(27)13(22)8-10-32-3/h12-16,26H,4-11,21-22H2,1-3H3,(H,23,27)(H,24,28)(H,25,29)(H,30,31). The Morgan fingerprint density at radius 3 is 2.06 bits per heavy atom. The molecule has 3 amide bonds. The summed E-state index contributed by atoms with van der Waals surface area (Å²) in [6.45, 7) is 3.15. The average molecular weight is 478 g/mol. The number of carbonyl (C=O) groups excluding carboxylic acids is 3. The Labute approximate surface area is 193 Å². The van der Waals surface area contributed by atoms with E-state index in [9.17, 15) is 29.4 Å². The van der Waals surface area contributed by atoms with Crippen LogP contribution in [0.3, 0.4) is 0 Å². The number of carboxylic acids is 1. The van der Waals surface area contributed by atoms with E-state index in [-0.39, 0.29) is 12.3 Å². The Morgan fingerprint density at radius 1 is 0.969 bits per heavy atom. The van der Waals surface area contributed by atoms with Gasteiger partial charge < -0.3 is 37.6 Å².